The predicted octanol–water partition coefficient (Wildman–Crippen LogP) is 3.79. The molecule has 200 valence electrons. The quantitative estimate of drug-likeness (QED) is 0.367. The zero-order valence-corrected chi connectivity index (χ0v) is 22.2. The Morgan fingerprint density at radius 1 is 0.865 bits per heavy atom. The second-order valence-corrected chi connectivity index (χ2v) is 9.92. The molecule has 0 aromatic heterocycles. The summed E-state index contributed by atoms with van der Waals surface area (Å²) in [6, 6.07) is 13.8. The normalized spacial score (nSPS) is 12.7. The minimum absolute atomic E-state index is 0.0587. The Labute approximate surface area is 217 Å². The van der Waals surface area contributed by atoms with Gasteiger partial charge in [-0.3, -0.25) is 4.79 Å². The van der Waals surface area contributed by atoms with Crippen LogP contribution in [-0.4, -0.2) is 48.7 Å². The first-order valence-electron chi connectivity index (χ1n) is 12.1. The number of benzene rings is 2. The average molecular weight is 513 g/mol. The Bertz CT molecular complexity index is 1060. The maximum Gasteiger partial charge on any atom is 0.408 e. The van der Waals surface area contributed by atoms with Crippen LogP contribution in [0.1, 0.15) is 56.1 Å². The minimum atomic E-state index is -1.01. The van der Waals surface area contributed by atoms with Crippen LogP contribution in [0, 0.1) is 5.92 Å². The Morgan fingerprint density at radius 2 is 1.49 bits per heavy atom. The molecule has 37 heavy (non-hydrogen) atoms. The molecule has 0 aliphatic heterocycles. The SMILES string of the molecule is COC(=O)[C@@H](Cc1ccc(C(=O)OC(C)(C)C)cc1)NC(=O)[C@@H](NC(=O)OCc1ccccc1)C(C)C. The molecular weight excluding hydrogens is 476 g/mol. The van der Waals surface area contributed by atoms with Crippen LogP contribution in [0.4, 0.5) is 4.79 Å². The van der Waals surface area contributed by atoms with Crippen molar-refractivity contribution in [1.82, 2.24) is 10.6 Å². The molecule has 0 saturated heterocycles. The fourth-order valence-corrected chi connectivity index (χ4v) is 3.37. The standard InChI is InChI=1S/C28H36N2O7/c1-18(2)23(30-27(34)36-17-20-10-8-7-9-11-20)24(31)29-22(26(33)35-6)16-19-12-14-21(15-13-19)25(32)37-28(3,4)5/h7-15,18,22-23H,16-17H2,1-6H3,(H,29,31)(H,30,34)/t22-,23+/m1/s1. The molecule has 0 unspecified atom stereocenters. The fourth-order valence-electron chi connectivity index (χ4n) is 3.37. The van der Waals surface area contributed by atoms with Gasteiger partial charge in [-0.05, 0) is 49.9 Å². The van der Waals surface area contributed by atoms with E-state index in [0.29, 0.717) is 11.1 Å². The maximum atomic E-state index is 13.0. The maximum absolute atomic E-state index is 13.0. The van der Waals surface area contributed by atoms with Gasteiger partial charge in [0.15, 0.2) is 0 Å². The van der Waals surface area contributed by atoms with Gasteiger partial charge in [0.1, 0.15) is 24.3 Å². The smallest absolute Gasteiger partial charge is 0.408 e. The summed E-state index contributed by atoms with van der Waals surface area (Å²) in [5, 5.41) is 5.24. The highest BCUT2D eigenvalue weighted by Crippen LogP contribution is 2.14. The number of carbonyl (C=O) groups excluding carboxylic acids is 4. The van der Waals surface area contributed by atoms with Crippen molar-refractivity contribution in [3.63, 3.8) is 0 Å². The van der Waals surface area contributed by atoms with Crippen molar-refractivity contribution in [3.8, 4) is 0 Å². The molecule has 2 aromatic carbocycles. The molecule has 0 bridgehead atoms. The minimum Gasteiger partial charge on any atom is -0.467 e. The Morgan fingerprint density at radius 3 is 2.03 bits per heavy atom. The van der Waals surface area contributed by atoms with E-state index in [1.54, 1.807) is 58.9 Å². The highest BCUT2D eigenvalue weighted by molar-refractivity contribution is 5.90. The number of esters is 2. The molecule has 2 N–H and O–H groups in total. The van der Waals surface area contributed by atoms with Gasteiger partial charge < -0.3 is 24.8 Å². The lowest BCUT2D eigenvalue weighted by Crippen LogP contribution is -2.54. The fraction of sp³-hybridized carbons (Fsp3) is 0.429. The summed E-state index contributed by atoms with van der Waals surface area (Å²) in [5.41, 5.74) is 1.26. The van der Waals surface area contributed by atoms with Gasteiger partial charge in [-0.25, -0.2) is 14.4 Å². The zero-order chi connectivity index (χ0) is 27.6. The summed E-state index contributed by atoms with van der Waals surface area (Å²) in [6.45, 7) is 8.94. The number of hydrogen-bond donors (Lipinski definition) is 2. The third-order valence-electron chi connectivity index (χ3n) is 5.27. The number of carbonyl (C=O) groups is 4. The van der Waals surface area contributed by atoms with E-state index >= 15 is 0 Å². The van der Waals surface area contributed by atoms with Crippen LogP contribution in [0.3, 0.4) is 0 Å². The number of alkyl carbamates (subject to hydrolysis) is 1. The molecule has 2 rings (SSSR count). The predicted molar refractivity (Wildman–Crippen MR) is 138 cm³/mol. The van der Waals surface area contributed by atoms with Crippen molar-refractivity contribution in [2.75, 3.05) is 7.11 Å². The second kappa shape index (κ2) is 13.4. The monoisotopic (exact) mass is 512 g/mol. The van der Waals surface area contributed by atoms with E-state index in [1.165, 1.54) is 7.11 Å². The molecule has 0 radical (unpaired) electrons. The molecule has 0 aliphatic carbocycles. The molecule has 2 amide bonds. The Kier molecular flexibility index (Phi) is 10.7. The van der Waals surface area contributed by atoms with Crippen molar-refractivity contribution in [2.45, 2.75) is 65.3 Å². The van der Waals surface area contributed by atoms with E-state index in [2.05, 4.69) is 10.6 Å². The lowest BCUT2D eigenvalue weighted by Gasteiger charge is -2.24. The van der Waals surface area contributed by atoms with Crippen LogP contribution in [-0.2, 0) is 36.8 Å². The number of ether oxygens (including phenoxy) is 3. The summed E-state index contributed by atoms with van der Waals surface area (Å²) in [6.07, 6.45) is -0.624. The number of rotatable bonds is 10. The van der Waals surface area contributed by atoms with Crippen LogP contribution in [0.25, 0.3) is 0 Å². The average Bonchev–Trinajstić information content (AvgIpc) is 2.84. The van der Waals surface area contributed by atoms with E-state index in [9.17, 15) is 19.2 Å². The molecule has 0 heterocycles. The molecule has 9 nitrogen and oxygen atoms in total. The topological polar surface area (TPSA) is 120 Å². The number of nitrogens with one attached hydrogen (secondary N) is 2. The first kappa shape index (κ1) is 29.4. The first-order chi connectivity index (χ1) is 17.4. The summed E-state index contributed by atoms with van der Waals surface area (Å²) >= 11 is 0. The van der Waals surface area contributed by atoms with Crippen LogP contribution in [0.15, 0.2) is 54.6 Å². The third kappa shape index (κ3) is 9.95. The molecular formula is C28H36N2O7. The lowest BCUT2D eigenvalue weighted by atomic mass is 10.0. The number of hydrogen-bond acceptors (Lipinski definition) is 7. The van der Waals surface area contributed by atoms with Crippen molar-refractivity contribution in [2.24, 2.45) is 5.92 Å². The van der Waals surface area contributed by atoms with Crippen LogP contribution < -0.4 is 10.6 Å². The Hall–Kier alpha value is -3.88. The van der Waals surface area contributed by atoms with Gasteiger partial charge in [0.05, 0.1) is 12.7 Å². The van der Waals surface area contributed by atoms with E-state index < -0.39 is 41.6 Å². The molecule has 2 aromatic rings. The highest BCUT2D eigenvalue weighted by atomic mass is 16.6. The molecule has 0 saturated carbocycles. The van der Waals surface area contributed by atoms with Crippen molar-refractivity contribution in [3.05, 3.63) is 71.3 Å². The van der Waals surface area contributed by atoms with Crippen LogP contribution in [0.2, 0.25) is 0 Å². The van der Waals surface area contributed by atoms with Crippen molar-refractivity contribution < 1.29 is 33.4 Å². The number of amides is 2. The summed E-state index contributed by atoms with van der Waals surface area (Å²) in [4.78, 5) is 50.1. The van der Waals surface area contributed by atoms with Gasteiger partial charge in [-0.1, -0.05) is 56.3 Å². The summed E-state index contributed by atoms with van der Waals surface area (Å²) in [7, 11) is 1.23. The van der Waals surface area contributed by atoms with Gasteiger partial charge in [0, 0.05) is 6.42 Å². The van der Waals surface area contributed by atoms with Gasteiger partial charge in [0.25, 0.3) is 0 Å². The van der Waals surface area contributed by atoms with Gasteiger partial charge >= 0.3 is 18.0 Å². The second-order valence-electron chi connectivity index (χ2n) is 9.92. The molecule has 2 atom stereocenters. The molecule has 0 fully saturated rings. The summed E-state index contributed by atoms with van der Waals surface area (Å²) < 4.78 is 15.5. The van der Waals surface area contributed by atoms with Crippen LogP contribution >= 0.6 is 0 Å². The third-order valence-corrected chi connectivity index (χ3v) is 5.27. The largest absolute Gasteiger partial charge is 0.467 e. The van der Waals surface area contributed by atoms with E-state index in [4.69, 9.17) is 14.2 Å². The van der Waals surface area contributed by atoms with Crippen molar-refractivity contribution >= 4 is 23.9 Å². The van der Waals surface area contributed by atoms with Crippen molar-refractivity contribution in [1.29, 1.82) is 0 Å². The van der Waals surface area contributed by atoms with Gasteiger partial charge in [-0.15, -0.1) is 0 Å². The first-order valence-corrected chi connectivity index (χ1v) is 12.1. The lowest BCUT2D eigenvalue weighted by molar-refractivity contribution is -0.145. The van der Waals surface area contributed by atoms with E-state index in [0.717, 1.165) is 5.56 Å². The zero-order valence-electron chi connectivity index (χ0n) is 22.2. The van der Waals surface area contributed by atoms with Crippen LogP contribution in [0.5, 0.6) is 0 Å². The Balaban J connectivity index is 2.04. The molecule has 0 aliphatic rings. The molecule has 9 heteroatoms. The summed E-state index contributed by atoms with van der Waals surface area (Å²) in [5.74, 6) is -1.93. The van der Waals surface area contributed by atoms with Gasteiger partial charge in [-0.2, -0.15) is 0 Å². The van der Waals surface area contributed by atoms with E-state index in [1.807, 2.05) is 30.3 Å². The van der Waals surface area contributed by atoms with Gasteiger partial charge in [0.2, 0.25) is 5.91 Å². The highest BCUT2D eigenvalue weighted by Gasteiger charge is 2.30. The molecule has 0 spiro atoms. The van der Waals surface area contributed by atoms with E-state index in [-0.39, 0.29) is 18.9 Å². The number of methoxy groups -OCH3 is 1.